The van der Waals surface area contributed by atoms with Crippen molar-refractivity contribution in [3.05, 3.63) is 36.4 Å². The molecule has 0 aliphatic rings. The number of hydrogen-bond acceptors (Lipinski definition) is 5. The van der Waals surface area contributed by atoms with Gasteiger partial charge in [0.05, 0.1) is 0 Å². The van der Waals surface area contributed by atoms with E-state index in [2.05, 4.69) is 25.5 Å². The van der Waals surface area contributed by atoms with E-state index < -0.39 is 0 Å². The minimum atomic E-state index is -0.326. The third-order valence-electron chi connectivity index (χ3n) is 2.47. The first-order valence-electron chi connectivity index (χ1n) is 5.21. The quantitative estimate of drug-likeness (QED) is 0.639. The number of anilines is 3. The smallest absolute Gasteiger partial charge is 0.188 e. The van der Waals surface area contributed by atoms with Gasteiger partial charge in [0.15, 0.2) is 5.65 Å². The Bertz CT molecular complexity index is 708. The minimum absolute atomic E-state index is 0.313. The summed E-state index contributed by atoms with van der Waals surface area (Å²) in [6, 6.07) is 6.08. The van der Waals surface area contributed by atoms with Crippen LogP contribution in [0.2, 0.25) is 0 Å². The molecule has 4 N–H and O–H groups in total. The number of fused-ring (bicyclic) bond motifs is 1. The molecule has 0 radical (unpaired) electrons. The maximum absolute atomic E-state index is 13.1. The van der Waals surface area contributed by atoms with Crippen LogP contribution in [0.15, 0.2) is 30.6 Å². The van der Waals surface area contributed by atoms with Gasteiger partial charge in [0.25, 0.3) is 0 Å². The van der Waals surface area contributed by atoms with Crippen molar-refractivity contribution in [3.63, 3.8) is 0 Å². The lowest BCUT2D eigenvalue weighted by molar-refractivity contribution is 0.628. The number of aromatic nitrogens is 4. The number of benzene rings is 1. The van der Waals surface area contributed by atoms with Crippen LogP contribution in [-0.2, 0) is 0 Å². The van der Waals surface area contributed by atoms with E-state index in [0.29, 0.717) is 28.4 Å². The van der Waals surface area contributed by atoms with Crippen molar-refractivity contribution in [2.75, 3.05) is 11.1 Å². The highest BCUT2D eigenvalue weighted by Gasteiger charge is 2.10. The molecule has 0 spiro atoms. The molecule has 0 atom stereocenters. The number of halogens is 1. The number of nitrogens with two attached hydrogens (primary N) is 1. The van der Waals surface area contributed by atoms with Gasteiger partial charge in [0.1, 0.15) is 29.2 Å². The zero-order chi connectivity index (χ0) is 12.5. The average Bonchev–Trinajstić information content (AvgIpc) is 2.74. The van der Waals surface area contributed by atoms with E-state index in [-0.39, 0.29) is 5.82 Å². The molecular weight excluding hydrogens is 235 g/mol. The number of nitrogens with zero attached hydrogens (tertiary/aromatic N) is 3. The van der Waals surface area contributed by atoms with Crippen molar-refractivity contribution in [3.8, 4) is 0 Å². The molecule has 0 amide bonds. The number of hydrogen-bond donors (Lipinski definition) is 3. The Balaban J connectivity index is 2.05. The maximum Gasteiger partial charge on any atom is 0.188 e. The number of aromatic amines is 1. The Morgan fingerprint density at radius 2 is 2.17 bits per heavy atom. The Morgan fingerprint density at radius 1 is 1.28 bits per heavy atom. The number of H-pyrrole nitrogens is 1. The summed E-state index contributed by atoms with van der Waals surface area (Å²) in [4.78, 5) is 7.87. The molecule has 3 aromatic rings. The van der Waals surface area contributed by atoms with Crippen LogP contribution in [0.5, 0.6) is 0 Å². The summed E-state index contributed by atoms with van der Waals surface area (Å²) in [5.41, 5.74) is 6.81. The van der Waals surface area contributed by atoms with Crippen molar-refractivity contribution in [2.24, 2.45) is 0 Å². The van der Waals surface area contributed by atoms with E-state index in [4.69, 9.17) is 5.73 Å². The molecule has 0 aliphatic heterocycles. The minimum Gasteiger partial charge on any atom is -0.383 e. The SMILES string of the molecule is Nc1ncnc2n[nH]c(Nc3cccc(F)c3)c12. The van der Waals surface area contributed by atoms with Crippen LogP contribution in [0.25, 0.3) is 11.0 Å². The molecule has 0 unspecified atom stereocenters. The number of rotatable bonds is 2. The van der Waals surface area contributed by atoms with E-state index >= 15 is 0 Å². The largest absolute Gasteiger partial charge is 0.383 e. The predicted octanol–water partition coefficient (Wildman–Crippen LogP) is 1.82. The molecule has 1 aromatic carbocycles. The van der Waals surface area contributed by atoms with E-state index in [9.17, 15) is 4.39 Å². The van der Waals surface area contributed by atoms with Gasteiger partial charge in [-0.25, -0.2) is 14.4 Å². The summed E-state index contributed by atoms with van der Waals surface area (Å²) < 4.78 is 13.1. The molecule has 0 saturated carbocycles. The van der Waals surface area contributed by atoms with Crippen molar-refractivity contribution >= 4 is 28.4 Å². The summed E-state index contributed by atoms with van der Waals surface area (Å²) in [6.45, 7) is 0. The Hall–Kier alpha value is -2.70. The first-order valence-corrected chi connectivity index (χ1v) is 5.21. The molecule has 90 valence electrons. The lowest BCUT2D eigenvalue weighted by atomic mass is 10.3. The van der Waals surface area contributed by atoms with Gasteiger partial charge in [-0.3, -0.25) is 5.10 Å². The lowest BCUT2D eigenvalue weighted by Gasteiger charge is -2.04. The second-order valence-corrected chi connectivity index (χ2v) is 3.69. The molecule has 3 rings (SSSR count). The maximum atomic E-state index is 13.1. The van der Waals surface area contributed by atoms with Crippen LogP contribution >= 0.6 is 0 Å². The molecular formula is C11H9FN6. The summed E-state index contributed by atoms with van der Waals surface area (Å²) in [7, 11) is 0. The molecule has 0 aliphatic carbocycles. The van der Waals surface area contributed by atoms with Crippen molar-refractivity contribution < 1.29 is 4.39 Å². The third-order valence-corrected chi connectivity index (χ3v) is 2.47. The van der Waals surface area contributed by atoms with Gasteiger partial charge < -0.3 is 11.1 Å². The van der Waals surface area contributed by atoms with Gasteiger partial charge in [0, 0.05) is 5.69 Å². The zero-order valence-electron chi connectivity index (χ0n) is 9.18. The summed E-state index contributed by atoms with van der Waals surface area (Å²) >= 11 is 0. The highest BCUT2D eigenvalue weighted by Crippen LogP contribution is 2.26. The van der Waals surface area contributed by atoms with Crippen LogP contribution in [-0.4, -0.2) is 20.2 Å². The van der Waals surface area contributed by atoms with Gasteiger partial charge in [-0.1, -0.05) is 6.07 Å². The molecule has 2 heterocycles. The molecule has 7 heteroatoms. The summed E-state index contributed by atoms with van der Waals surface area (Å²) in [5.74, 6) is 0.523. The summed E-state index contributed by atoms with van der Waals surface area (Å²) in [6.07, 6.45) is 1.34. The Kier molecular flexibility index (Phi) is 2.30. The van der Waals surface area contributed by atoms with Gasteiger partial charge in [0.2, 0.25) is 0 Å². The third kappa shape index (κ3) is 1.71. The van der Waals surface area contributed by atoms with Gasteiger partial charge >= 0.3 is 0 Å². The summed E-state index contributed by atoms with van der Waals surface area (Å²) in [5, 5.41) is 10.3. The zero-order valence-corrected chi connectivity index (χ0v) is 9.18. The first-order chi connectivity index (χ1) is 8.74. The molecule has 18 heavy (non-hydrogen) atoms. The van der Waals surface area contributed by atoms with E-state index in [0.717, 1.165) is 0 Å². The van der Waals surface area contributed by atoms with Crippen molar-refractivity contribution in [2.45, 2.75) is 0 Å². The molecule has 0 saturated heterocycles. The van der Waals surface area contributed by atoms with Crippen LogP contribution in [0.1, 0.15) is 0 Å². The second-order valence-electron chi connectivity index (χ2n) is 3.69. The lowest BCUT2D eigenvalue weighted by Crippen LogP contribution is -1.95. The normalized spacial score (nSPS) is 10.7. The standard InChI is InChI=1S/C11H9FN6/c12-6-2-1-3-7(4-6)16-11-8-9(13)14-5-15-10(8)17-18-11/h1-5H,(H4,13,14,15,16,17,18). The van der Waals surface area contributed by atoms with Gasteiger partial charge in [-0.15, -0.1) is 0 Å². The fourth-order valence-electron chi connectivity index (χ4n) is 1.68. The molecule has 0 fully saturated rings. The Morgan fingerprint density at radius 3 is 3.00 bits per heavy atom. The van der Waals surface area contributed by atoms with E-state index in [1.54, 1.807) is 12.1 Å². The van der Waals surface area contributed by atoms with Crippen molar-refractivity contribution in [1.29, 1.82) is 0 Å². The average molecular weight is 244 g/mol. The second kappa shape index (κ2) is 3.95. The molecule has 6 nitrogen and oxygen atoms in total. The molecule has 0 bridgehead atoms. The van der Waals surface area contributed by atoms with Gasteiger partial charge in [-0.2, -0.15) is 5.10 Å². The Labute approximate surface area is 101 Å². The fourth-order valence-corrected chi connectivity index (χ4v) is 1.68. The van der Waals surface area contributed by atoms with Crippen LogP contribution in [0.3, 0.4) is 0 Å². The van der Waals surface area contributed by atoms with Crippen LogP contribution < -0.4 is 11.1 Å². The van der Waals surface area contributed by atoms with Gasteiger partial charge in [-0.05, 0) is 18.2 Å². The van der Waals surface area contributed by atoms with Crippen LogP contribution in [0.4, 0.5) is 21.7 Å². The van der Waals surface area contributed by atoms with E-state index in [1.807, 2.05) is 0 Å². The highest BCUT2D eigenvalue weighted by molar-refractivity contribution is 5.96. The predicted molar refractivity (Wildman–Crippen MR) is 65.8 cm³/mol. The van der Waals surface area contributed by atoms with E-state index in [1.165, 1.54) is 18.5 Å². The number of nitrogen functional groups attached to an aromatic ring is 1. The number of nitrogens with one attached hydrogen (secondary N) is 2. The highest BCUT2D eigenvalue weighted by atomic mass is 19.1. The van der Waals surface area contributed by atoms with Crippen molar-refractivity contribution in [1.82, 2.24) is 20.2 Å². The topological polar surface area (TPSA) is 92.5 Å². The van der Waals surface area contributed by atoms with Crippen LogP contribution in [0, 0.1) is 5.82 Å². The first kappa shape index (κ1) is 10.5. The monoisotopic (exact) mass is 244 g/mol. The molecule has 2 aromatic heterocycles. The fraction of sp³-hybridized carbons (Fsp3) is 0.